The molecule has 3 amide bonds. The molecule has 3 aromatic rings. The van der Waals surface area contributed by atoms with E-state index in [0.717, 1.165) is 38.9 Å². The highest BCUT2D eigenvalue weighted by atomic mass is 19.1. The summed E-state index contributed by atoms with van der Waals surface area (Å²) in [6.07, 6.45) is 4.10. The number of hydrogen-bond donors (Lipinski definition) is 3. The molecule has 3 N–H and O–H groups in total. The number of aromatic nitrogens is 4. The summed E-state index contributed by atoms with van der Waals surface area (Å²) in [5.74, 6) is 0.558. The maximum absolute atomic E-state index is 13.2. The normalized spacial score (nSPS) is 15.8. The minimum absolute atomic E-state index is 0.201. The first-order chi connectivity index (χ1) is 17.9. The van der Waals surface area contributed by atoms with Gasteiger partial charge in [-0.05, 0) is 91.0 Å². The van der Waals surface area contributed by atoms with Gasteiger partial charge >= 0.3 is 6.03 Å². The highest BCUT2D eigenvalue weighted by Crippen LogP contribution is 2.23. The standard InChI is InChI=1S/C26H33FN8O2/c1-28-25(36)21-14-20(24-31-32-33-34(24)2)15-23(16-21)30-26(37)29-10-4-12-35-11-3-5-19(17-35)13-18-6-8-22(27)9-7-18/h6-9,14-16,19H,3-5,10-13,17H2,1-2H3,(H,28,36)(H2,29,30,37)/t19-/m0/s1. The predicted molar refractivity (Wildman–Crippen MR) is 139 cm³/mol. The van der Waals surface area contributed by atoms with Gasteiger partial charge in [0, 0.05) is 44.0 Å². The number of amides is 3. The maximum Gasteiger partial charge on any atom is 0.319 e. The molecule has 1 aliphatic rings. The number of likely N-dealkylation sites (tertiary alicyclic amines) is 1. The molecule has 2 aromatic carbocycles. The monoisotopic (exact) mass is 508 g/mol. The van der Waals surface area contributed by atoms with Crippen LogP contribution < -0.4 is 16.0 Å². The summed E-state index contributed by atoms with van der Waals surface area (Å²) in [5.41, 5.74) is 2.64. The number of nitrogens with zero attached hydrogens (tertiary/aromatic N) is 5. The molecule has 0 spiro atoms. The Morgan fingerprint density at radius 3 is 2.70 bits per heavy atom. The van der Waals surface area contributed by atoms with Crippen molar-refractivity contribution in [1.29, 1.82) is 0 Å². The third-order valence-corrected chi connectivity index (χ3v) is 6.54. The first-order valence-electron chi connectivity index (χ1n) is 12.5. The number of benzene rings is 2. The third-order valence-electron chi connectivity index (χ3n) is 6.54. The molecular weight excluding hydrogens is 475 g/mol. The Morgan fingerprint density at radius 2 is 1.97 bits per heavy atom. The quantitative estimate of drug-likeness (QED) is 0.383. The van der Waals surface area contributed by atoms with Gasteiger partial charge in [0.25, 0.3) is 5.91 Å². The zero-order valence-corrected chi connectivity index (χ0v) is 21.2. The third kappa shape index (κ3) is 7.32. The highest BCUT2D eigenvalue weighted by Gasteiger charge is 2.20. The Morgan fingerprint density at radius 1 is 1.16 bits per heavy atom. The molecule has 1 aliphatic heterocycles. The Labute approximate surface area is 215 Å². The smallest absolute Gasteiger partial charge is 0.319 e. The number of halogens is 1. The minimum Gasteiger partial charge on any atom is -0.355 e. The lowest BCUT2D eigenvalue weighted by Crippen LogP contribution is -2.38. The zero-order valence-electron chi connectivity index (χ0n) is 21.2. The van der Waals surface area contributed by atoms with Gasteiger partial charge in [-0.1, -0.05) is 12.1 Å². The van der Waals surface area contributed by atoms with Crippen LogP contribution in [0.25, 0.3) is 11.4 Å². The van der Waals surface area contributed by atoms with Gasteiger partial charge in [0.05, 0.1) is 0 Å². The zero-order chi connectivity index (χ0) is 26.2. The minimum atomic E-state index is -0.344. The number of piperidine rings is 1. The first kappa shape index (κ1) is 26.2. The van der Waals surface area contributed by atoms with Crippen molar-refractivity contribution in [3.63, 3.8) is 0 Å². The summed E-state index contributed by atoms with van der Waals surface area (Å²) in [6.45, 7) is 3.49. The SMILES string of the molecule is CNC(=O)c1cc(NC(=O)NCCCN2CCC[C@@H](Cc3ccc(F)cc3)C2)cc(-c2nnnn2C)c1. The molecule has 10 nitrogen and oxygen atoms in total. The lowest BCUT2D eigenvalue weighted by atomic mass is 9.91. The number of hydrogen-bond acceptors (Lipinski definition) is 6. The fraction of sp³-hybridized carbons (Fsp3) is 0.423. The van der Waals surface area contributed by atoms with E-state index in [1.165, 1.54) is 28.8 Å². The van der Waals surface area contributed by atoms with Crippen LogP contribution in [-0.2, 0) is 13.5 Å². The van der Waals surface area contributed by atoms with E-state index in [-0.39, 0.29) is 17.8 Å². The summed E-state index contributed by atoms with van der Waals surface area (Å²) in [6, 6.07) is 11.5. The molecule has 1 atom stereocenters. The second-order valence-corrected chi connectivity index (χ2v) is 9.38. The molecule has 0 unspecified atom stereocenters. The number of nitrogens with one attached hydrogen (secondary N) is 3. The fourth-order valence-corrected chi connectivity index (χ4v) is 4.73. The average molecular weight is 509 g/mol. The van der Waals surface area contributed by atoms with E-state index in [2.05, 4.69) is 36.4 Å². The van der Waals surface area contributed by atoms with Crippen LogP contribution in [0, 0.1) is 11.7 Å². The Bertz CT molecular complexity index is 1210. The van der Waals surface area contributed by atoms with E-state index < -0.39 is 0 Å². The molecule has 2 heterocycles. The molecule has 1 saturated heterocycles. The summed E-state index contributed by atoms with van der Waals surface area (Å²) < 4.78 is 14.7. The molecule has 0 bridgehead atoms. The van der Waals surface area contributed by atoms with Gasteiger partial charge in [-0.25, -0.2) is 13.9 Å². The molecule has 37 heavy (non-hydrogen) atoms. The van der Waals surface area contributed by atoms with Crippen molar-refractivity contribution in [2.75, 3.05) is 38.5 Å². The molecular formula is C26H33FN8O2. The van der Waals surface area contributed by atoms with Gasteiger partial charge in [-0.2, -0.15) is 0 Å². The average Bonchev–Trinajstić information content (AvgIpc) is 3.33. The van der Waals surface area contributed by atoms with Crippen LogP contribution in [0.3, 0.4) is 0 Å². The summed E-state index contributed by atoms with van der Waals surface area (Å²) in [5, 5.41) is 19.8. The summed E-state index contributed by atoms with van der Waals surface area (Å²) in [4.78, 5) is 27.2. The number of urea groups is 1. The molecule has 1 fully saturated rings. The number of aryl methyl sites for hydroxylation is 1. The lowest BCUT2D eigenvalue weighted by molar-refractivity contribution is 0.0963. The van der Waals surface area contributed by atoms with Crippen LogP contribution in [-0.4, -0.2) is 70.3 Å². The molecule has 0 aliphatic carbocycles. The van der Waals surface area contributed by atoms with Crippen molar-refractivity contribution in [2.24, 2.45) is 13.0 Å². The van der Waals surface area contributed by atoms with Crippen molar-refractivity contribution in [3.05, 3.63) is 59.4 Å². The molecule has 4 rings (SSSR count). The number of carbonyl (C=O) groups is 2. The van der Waals surface area contributed by atoms with Gasteiger partial charge in [0.2, 0.25) is 0 Å². The number of anilines is 1. The van der Waals surface area contributed by atoms with E-state index in [9.17, 15) is 14.0 Å². The molecule has 11 heteroatoms. The van der Waals surface area contributed by atoms with Gasteiger partial charge in [-0.3, -0.25) is 4.79 Å². The van der Waals surface area contributed by atoms with E-state index in [1.54, 1.807) is 32.3 Å². The molecule has 1 aromatic heterocycles. The Balaban J connectivity index is 1.25. The van der Waals surface area contributed by atoms with Crippen LogP contribution in [0.4, 0.5) is 14.9 Å². The van der Waals surface area contributed by atoms with Crippen molar-refractivity contribution in [2.45, 2.75) is 25.7 Å². The van der Waals surface area contributed by atoms with Crippen LogP contribution in [0.2, 0.25) is 0 Å². The van der Waals surface area contributed by atoms with Gasteiger partial charge in [-0.15, -0.1) is 5.10 Å². The molecule has 196 valence electrons. The van der Waals surface area contributed by atoms with Gasteiger partial charge < -0.3 is 20.9 Å². The summed E-state index contributed by atoms with van der Waals surface area (Å²) >= 11 is 0. The maximum atomic E-state index is 13.2. The van der Waals surface area contributed by atoms with Gasteiger partial charge in [0.1, 0.15) is 5.82 Å². The van der Waals surface area contributed by atoms with Crippen LogP contribution in [0.5, 0.6) is 0 Å². The van der Waals surface area contributed by atoms with Gasteiger partial charge in [0.15, 0.2) is 5.82 Å². The van der Waals surface area contributed by atoms with Crippen LogP contribution >= 0.6 is 0 Å². The van der Waals surface area contributed by atoms with E-state index in [4.69, 9.17) is 0 Å². The second-order valence-electron chi connectivity index (χ2n) is 9.38. The van der Waals surface area contributed by atoms with Crippen LogP contribution in [0.15, 0.2) is 42.5 Å². The first-order valence-corrected chi connectivity index (χ1v) is 12.5. The van der Waals surface area contributed by atoms with Crippen molar-refractivity contribution < 1.29 is 14.0 Å². The van der Waals surface area contributed by atoms with Crippen molar-refractivity contribution >= 4 is 17.6 Å². The second kappa shape index (κ2) is 12.4. The number of tetrazole rings is 1. The Kier molecular flexibility index (Phi) is 8.78. The van der Waals surface area contributed by atoms with E-state index in [1.807, 2.05) is 12.1 Å². The van der Waals surface area contributed by atoms with Crippen molar-refractivity contribution in [1.82, 2.24) is 35.7 Å². The summed E-state index contributed by atoms with van der Waals surface area (Å²) in [7, 11) is 3.25. The Hall–Kier alpha value is -3.86. The number of rotatable bonds is 9. The molecule has 0 radical (unpaired) electrons. The fourth-order valence-electron chi connectivity index (χ4n) is 4.73. The van der Waals surface area contributed by atoms with E-state index in [0.29, 0.717) is 35.1 Å². The molecule has 0 saturated carbocycles. The van der Waals surface area contributed by atoms with Crippen LogP contribution in [0.1, 0.15) is 35.2 Å². The lowest BCUT2D eigenvalue weighted by Gasteiger charge is -2.32. The highest BCUT2D eigenvalue weighted by molar-refractivity contribution is 5.98. The topological polar surface area (TPSA) is 117 Å². The van der Waals surface area contributed by atoms with Crippen molar-refractivity contribution in [3.8, 4) is 11.4 Å². The number of carbonyl (C=O) groups excluding carboxylic acids is 2. The van der Waals surface area contributed by atoms with E-state index >= 15 is 0 Å². The largest absolute Gasteiger partial charge is 0.355 e. The predicted octanol–water partition coefficient (Wildman–Crippen LogP) is 2.84.